The van der Waals surface area contributed by atoms with Gasteiger partial charge in [-0.2, -0.15) is 0 Å². The Kier molecular flexibility index (Phi) is 4.19. The van der Waals surface area contributed by atoms with Crippen molar-refractivity contribution in [3.8, 4) is 0 Å². The lowest BCUT2D eigenvalue weighted by atomic mass is 9.98. The van der Waals surface area contributed by atoms with E-state index in [4.69, 9.17) is 14.2 Å². The van der Waals surface area contributed by atoms with Crippen LogP contribution in [0.25, 0.3) is 0 Å². The molecule has 0 unspecified atom stereocenters. The number of nitrogens with one attached hydrogen (secondary N) is 1. The van der Waals surface area contributed by atoms with Crippen LogP contribution in [0.3, 0.4) is 0 Å². The van der Waals surface area contributed by atoms with Gasteiger partial charge < -0.3 is 19.5 Å². The Balaban J connectivity index is 2.11. The van der Waals surface area contributed by atoms with Crippen LogP contribution in [0.15, 0.2) is 0 Å². The standard InChI is InChI=1S/C15H25F2NO4/c1-13(2,3)22-12(19)18-9-7-8(15(6,16)17)10-11(9)21-14(4,5)20-10/h8-11H,7H2,1-6H3,(H,18,19)/t8-,9+,10+,11-/m0/s1. The molecule has 7 heteroatoms. The van der Waals surface area contributed by atoms with Crippen LogP contribution in [0.4, 0.5) is 13.6 Å². The summed E-state index contributed by atoms with van der Waals surface area (Å²) in [6.07, 6.45) is -1.88. The zero-order valence-electron chi connectivity index (χ0n) is 13.9. The van der Waals surface area contributed by atoms with Gasteiger partial charge in [-0.05, 0) is 48.0 Å². The predicted molar refractivity (Wildman–Crippen MR) is 75.7 cm³/mol. The lowest BCUT2D eigenvalue weighted by Gasteiger charge is -2.27. The highest BCUT2D eigenvalue weighted by atomic mass is 19.3. The van der Waals surface area contributed by atoms with E-state index in [1.165, 1.54) is 0 Å². The van der Waals surface area contributed by atoms with Crippen molar-refractivity contribution in [1.29, 1.82) is 0 Å². The summed E-state index contributed by atoms with van der Waals surface area (Å²) in [6, 6.07) is -0.558. The molecule has 4 atom stereocenters. The summed E-state index contributed by atoms with van der Waals surface area (Å²) in [7, 11) is 0. The van der Waals surface area contributed by atoms with Gasteiger partial charge in [0.15, 0.2) is 5.79 Å². The normalized spacial score (nSPS) is 34.4. The highest BCUT2D eigenvalue weighted by molar-refractivity contribution is 5.68. The van der Waals surface area contributed by atoms with Crippen molar-refractivity contribution in [1.82, 2.24) is 5.32 Å². The first-order chi connectivity index (χ1) is 9.78. The van der Waals surface area contributed by atoms with Crippen molar-refractivity contribution in [3.63, 3.8) is 0 Å². The third-order valence-electron chi connectivity index (χ3n) is 3.82. The maximum Gasteiger partial charge on any atom is 0.407 e. The summed E-state index contributed by atoms with van der Waals surface area (Å²) < 4.78 is 44.2. The number of ether oxygens (including phenoxy) is 3. The van der Waals surface area contributed by atoms with Gasteiger partial charge in [0.1, 0.15) is 11.7 Å². The van der Waals surface area contributed by atoms with Crippen molar-refractivity contribution in [2.75, 3.05) is 0 Å². The molecule has 1 amide bonds. The Hall–Kier alpha value is -0.950. The van der Waals surface area contributed by atoms with Gasteiger partial charge in [0.25, 0.3) is 5.92 Å². The van der Waals surface area contributed by atoms with Crippen molar-refractivity contribution in [3.05, 3.63) is 0 Å². The molecule has 1 saturated heterocycles. The summed E-state index contributed by atoms with van der Waals surface area (Å²) in [4.78, 5) is 11.9. The molecule has 0 bridgehead atoms. The maximum atomic E-state index is 13.8. The van der Waals surface area contributed by atoms with E-state index < -0.39 is 47.6 Å². The second-order valence-corrected chi connectivity index (χ2v) is 7.62. The SMILES string of the molecule is CC(C)(C)OC(=O)N[C@@H]1C[C@H](C(C)(F)F)[C@H]2OC(C)(C)O[C@H]21. The number of alkyl carbamates (subject to hydrolysis) is 1. The third kappa shape index (κ3) is 3.87. The molecule has 0 spiro atoms. The molecule has 1 saturated carbocycles. The molecule has 2 rings (SSSR count). The van der Waals surface area contributed by atoms with Crippen LogP contribution in [-0.2, 0) is 14.2 Å². The van der Waals surface area contributed by atoms with Crippen LogP contribution in [0, 0.1) is 5.92 Å². The maximum absolute atomic E-state index is 13.8. The van der Waals surface area contributed by atoms with Gasteiger partial charge in [-0.15, -0.1) is 0 Å². The number of halogens is 2. The fourth-order valence-corrected chi connectivity index (χ4v) is 3.08. The third-order valence-corrected chi connectivity index (χ3v) is 3.82. The molecule has 2 fully saturated rings. The van der Waals surface area contributed by atoms with E-state index in [1.54, 1.807) is 34.6 Å². The molecule has 2 aliphatic rings. The van der Waals surface area contributed by atoms with E-state index in [1.807, 2.05) is 0 Å². The van der Waals surface area contributed by atoms with Crippen molar-refractivity contribution in [2.45, 2.75) is 83.5 Å². The Morgan fingerprint density at radius 3 is 2.23 bits per heavy atom. The van der Waals surface area contributed by atoms with Gasteiger partial charge in [-0.3, -0.25) is 0 Å². The monoisotopic (exact) mass is 321 g/mol. The number of carbonyl (C=O) groups is 1. The van der Waals surface area contributed by atoms with Gasteiger partial charge in [0.2, 0.25) is 0 Å². The average molecular weight is 321 g/mol. The minimum atomic E-state index is -2.91. The molecule has 0 aromatic heterocycles. The molecular weight excluding hydrogens is 296 g/mol. The molecule has 0 aromatic carbocycles. The fraction of sp³-hybridized carbons (Fsp3) is 0.933. The van der Waals surface area contributed by atoms with Gasteiger partial charge in [-0.1, -0.05) is 0 Å². The molecule has 1 aliphatic carbocycles. The summed E-state index contributed by atoms with van der Waals surface area (Å²) >= 11 is 0. The number of alkyl halides is 2. The Morgan fingerprint density at radius 1 is 1.18 bits per heavy atom. The lowest BCUT2D eigenvalue weighted by molar-refractivity contribution is -0.174. The van der Waals surface area contributed by atoms with Crippen molar-refractivity contribution >= 4 is 6.09 Å². The lowest BCUT2D eigenvalue weighted by Crippen LogP contribution is -2.45. The second kappa shape index (κ2) is 5.30. The molecule has 0 radical (unpaired) electrons. The first kappa shape index (κ1) is 17.4. The van der Waals surface area contributed by atoms with Gasteiger partial charge in [0.05, 0.1) is 18.1 Å². The number of carbonyl (C=O) groups excluding carboxylic acids is 1. The zero-order valence-corrected chi connectivity index (χ0v) is 13.9. The fourth-order valence-electron chi connectivity index (χ4n) is 3.08. The van der Waals surface area contributed by atoms with Crippen molar-refractivity contribution < 1.29 is 27.8 Å². The number of hydrogen-bond donors (Lipinski definition) is 1. The average Bonchev–Trinajstić information content (AvgIpc) is 2.69. The Bertz CT molecular complexity index is 442. The minimum absolute atomic E-state index is 0.0914. The molecular formula is C15H25F2NO4. The van der Waals surface area contributed by atoms with Gasteiger partial charge in [0, 0.05) is 0 Å². The predicted octanol–water partition coefficient (Wildman–Crippen LogP) is 3.07. The van der Waals surface area contributed by atoms with E-state index >= 15 is 0 Å². The highest BCUT2D eigenvalue weighted by Gasteiger charge is 2.60. The number of hydrogen-bond acceptors (Lipinski definition) is 4. The smallest absolute Gasteiger partial charge is 0.407 e. The Morgan fingerprint density at radius 2 is 1.73 bits per heavy atom. The molecule has 1 N–H and O–H groups in total. The number of rotatable bonds is 2. The second-order valence-electron chi connectivity index (χ2n) is 7.62. The van der Waals surface area contributed by atoms with E-state index in [0.29, 0.717) is 0 Å². The quantitative estimate of drug-likeness (QED) is 0.849. The topological polar surface area (TPSA) is 56.8 Å². The van der Waals surface area contributed by atoms with E-state index in [2.05, 4.69) is 5.32 Å². The number of amides is 1. The largest absolute Gasteiger partial charge is 0.444 e. The van der Waals surface area contributed by atoms with Gasteiger partial charge >= 0.3 is 6.09 Å². The summed E-state index contributed by atoms with van der Waals surface area (Å²) in [5.41, 5.74) is -0.650. The summed E-state index contributed by atoms with van der Waals surface area (Å²) in [5.74, 6) is -4.84. The number of fused-ring (bicyclic) bond motifs is 1. The molecule has 1 heterocycles. The van der Waals surface area contributed by atoms with Crippen LogP contribution < -0.4 is 5.32 Å². The highest BCUT2D eigenvalue weighted by Crippen LogP contribution is 2.47. The molecule has 0 aromatic rings. The van der Waals surface area contributed by atoms with Crippen LogP contribution >= 0.6 is 0 Å². The van der Waals surface area contributed by atoms with Gasteiger partial charge in [-0.25, -0.2) is 13.6 Å². The summed E-state index contributed by atoms with van der Waals surface area (Å²) in [6.45, 7) is 9.46. The van der Waals surface area contributed by atoms with Crippen LogP contribution in [0.5, 0.6) is 0 Å². The molecule has 128 valence electrons. The first-order valence-corrected chi connectivity index (χ1v) is 7.51. The van der Waals surface area contributed by atoms with Crippen molar-refractivity contribution in [2.24, 2.45) is 5.92 Å². The summed E-state index contributed by atoms with van der Waals surface area (Å²) in [5, 5.41) is 2.65. The van der Waals surface area contributed by atoms with E-state index in [9.17, 15) is 13.6 Å². The van der Waals surface area contributed by atoms with E-state index in [0.717, 1.165) is 6.92 Å². The van der Waals surface area contributed by atoms with Crippen LogP contribution in [0.2, 0.25) is 0 Å². The van der Waals surface area contributed by atoms with Crippen LogP contribution in [-0.4, -0.2) is 41.7 Å². The zero-order chi connectivity index (χ0) is 16.9. The molecule has 5 nitrogen and oxygen atoms in total. The van der Waals surface area contributed by atoms with Crippen LogP contribution in [0.1, 0.15) is 48.0 Å². The Labute approximate surface area is 129 Å². The minimum Gasteiger partial charge on any atom is -0.444 e. The van der Waals surface area contributed by atoms with E-state index in [-0.39, 0.29) is 6.42 Å². The molecule has 1 aliphatic heterocycles. The molecule has 22 heavy (non-hydrogen) atoms. The first-order valence-electron chi connectivity index (χ1n) is 7.51.